The van der Waals surface area contributed by atoms with E-state index in [-0.39, 0.29) is 30.5 Å². The summed E-state index contributed by atoms with van der Waals surface area (Å²) in [4.78, 5) is 23.4. The summed E-state index contributed by atoms with van der Waals surface area (Å²) < 4.78 is 0. The molecule has 6 heteroatoms. The van der Waals surface area contributed by atoms with E-state index in [1.807, 2.05) is 13.8 Å². The van der Waals surface area contributed by atoms with Crippen molar-refractivity contribution in [2.45, 2.75) is 20.3 Å². The number of nitrogens with one attached hydrogen (secondary N) is 2. The van der Waals surface area contributed by atoms with E-state index in [1.165, 1.54) is 0 Å². The molecule has 0 radical (unpaired) electrons. The molecule has 0 atom stereocenters. The number of rotatable bonds is 6. The molecule has 5 nitrogen and oxygen atoms in total. The molecule has 20 heavy (non-hydrogen) atoms. The molecule has 110 valence electrons. The van der Waals surface area contributed by atoms with Gasteiger partial charge in [-0.15, -0.1) is 0 Å². The second-order valence-corrected chi connectivity index (χ2v) is 5.31. The fourth-order valence-corrected chi connectivity index (χ4v) is 1.70. The highest BCUT2D eigenvalue weighted by Gasteiger charge is 2.11. The van der Waals surface area contributed by atoms with Crippen LogP contribution in [0.5, 0.6) is 0 Å². The van der Waals surface area contributed by atoms with E-state index in [0.717, 1.165) is 0 Å². The molecule has 0 aliphatic heterocycles. The zero-order valence-electron chi connectivity index (χ0n) is 11.7. The number of hydrogen-bond donors (Lipinski definition) is 3. The van der Waals surface area contributed by atoms with Crippen LogP contribution in [0.1, 0.15) is 30.6 Å². The number of carbonyl (C=O) groups is 2. The van der Waals surface area contributed by atoms with Crippen LogP contribution in [-0.2, 0) is 4.79 Å². The van der Waals surface area contributed by atoms with Crippen LogP contribution in [0.25, 0.3) is 0 Å². The molecule has 0 aliphatic rings. The maximum Gasteiger partial charge on any atom is 0.253 e. The van der Waals surface area contributed by atoms with Crippen molar-refractivity contribution in [1.29, 1.82) is 0 Å². The number of benzene rings is 1. The van der Waals surface area contributed by atoms with Gasteiger partial charge in [-0.1, -0.05) is 31.5 Å². The fraction of sp³-hybridized carbons (Fsp3) is 0.429. The molecule has 0 unspecified atom stereocenters. The minimum atomic E-state index is -0.332. The Morgan fingerprint density at radius 3 is 2.65 bits per heavy atom. The Hall–Kier alpha value is -1.75. The van der Waals surface area contributed by atoms with Crippen LogP contribution in [0.2, 0.25) is 5.02 Å². The van der Waals surface area contributed by atoms with Gasteiger partial charge < -0.3 is 16.4 Å². The van der Waals surface area contributed by atoms with Gasteiger partial charge in [0.15, 0.2) is 0 Å². The quantitative estimate of drug-likeness (QED) is 0.700. The molecule has 0 saturated heterocycles. The number of para-hydroxylation sites is 1. The van der Waals surface area contributed by atoms with E-state index in [2.05, 4.69) is 10.6 Å². The number of hydrogen-bond acceptors (Lipinski definition) is 3. The van der Waals surface area contributed by atoms with Crippen molar-refractivity contribution in [1.82, 2.24) is 10.6 Å². The maximum atomic E-state index is 11.9. The van der Waals surface area contributed by atoms with Gasteiger partial charge in [-0.3, -0.25) is 9.59 Å². The summed E-state index contributed by atoms with van der Waals surface area (Å²) in [7, 11) is 0. The van der Waals surface area contributed by atoms with Crippen LogP contribution in [0.4, 0.5) is 5.69 Å². The largest absolute Gasteiger partial charge is 0.397 e. The standard InChI is InChI=1S/C14H20ClN3O2/c1-9(2)8-18-12(19)6-7-17-14(20)10-4-3-5-11(15)13(10)16/h3-5,9H,6-8,16H2,1-2H3,(H,17,20)(H,18,19). The monoisotopic (exact) mass is 297 g/mol. The first kappa shape index (κ1) is 16.3. The third-order valence-electron chi connectivity index (χ3n) is 2.64. The zero-order valence-corrected chi connectivity index (χ0v) is 12.5. The van der Waals surface area contributed by atoms with Gasteiger partial charge in [0.1, 0.15) is 0 Å². The van der Waals surface area contributed by atoms with E-state index >= 15 is 0 Å². The smallest absolute Gasteiger partial charge is 0.253 e. The number of halogens is 1. The number of nitrogens with two attached hydrogens (primary N) is 1. The summed E-state index contributed by atoms with van der Waals surface area (Å²) in [6, 6.07) is 4.87. The van der Waals surface area contributed by atoms with E-state index < -0.39 is 0 Å². The molecule has 1 rings (SSSR count). The molecule has 0 fully saturated rings. The minimum absolute atomic E-state index is 0.0851. The minimum Gasteiger partial charge on any atom is -0.397 e. The molecule has 2 amide bonds. The van der Waals surface area contributed by atoms with Crippen molar-refractivity contribution < 1.29 is 9.59 Å². The molecule has 4 N–H and O–H groups in total. The molecular weight excluding hydrogens is 278 g/mol. The molecule has 0 aromatic heterocycles. The first-order chi connectivity index (χ1) is 9.41. The van der Waals surface area contributed by atoms with Gasteiger partial charge in [0.2, 0.25) is 5.91 Å². The predicted molar refractivity (Wildman–Crippen MR) is 80.7 cm³/mol. The van der Waals surface area contributed by atoms with Gasteiger partial charge in [0, 0.05) is 19.5 Å². The Bertz CT molecular complexity index is 489. The molecule has 0 spiro atoms. The van der Waals surface area contributed by atoms with Crippen LogP contribution < -0.4 is 16.4 Å². The van der Waals surface area contributed by atoms with E-state index in [1.54, 1.807) is 18.2 Å². The molecule has 1 aromatic rings. The summed E-state index contributed by atoms with van der Waals surface area (Å²) >= 11 is 5.84. The lowest BCUT2D eigenvalue weighted by molar-refractivity contribution is -0.121. The Balaban J connectivity index is 2.40. The summed E-state index contributed by atoms with van der Waals surface area (Å²) in [5.41, 5.74) is 6.29. The highest BCUT2D eigenvalue weighted by Crippen LogP contribution is 2.22. The topological polar surface area (TPSA) is 84.2 Å². The maximum absolute atomic E-state index is 11.9. The highest BCUT2D eigenvalue weighted by molar-refractivity contribution is 6.33. The summed E-state index contributed by atoms with van der Waals surface area (Å²) in [6.45, 7) is 4.93. The number of carbonyl (C=O) groups excluding carboxylic acids is 2. The van der Waals surface area contributed by atoms with Crippen LogP contribution in [0.15, 0.2) is 18.2 Å². The van der Waals surface area contributed by atoms with Crippen molar-refractivity contribution in [3.8, 4) is 0 Å². The van der Waals surface area contributed by atoms with Gasteiger partial charge in [0.05, 0.1) is 16.3 Å². The van der Waals surface area contributed by atoms with Crippen molar-refractivity contribution in [3.05, 3.63) is 28.8 Å². The van der Waals surface area contributed by atoms with Gasteiger partial charge >= 0.3 is 0 Å². The first-order valence-electron chi connectivity index (χ1n) is 6.50. The van der Waals surface area contributed by atoms with Crippen LogP contribution >= 0.6 is 11.6 Å². The van der Waals surface area contributed by atoms with Gasteiger partial charge in [-0.25, -0.2) is 0 Å². The Morgan fingerprint density at radius 2 is 2.00 bits per heavy atom. The summed E-state index contributed by atoms with van der Waals surface area (Å²) in [6.07, 6.45) is 0.235. The molecule has 0 aliphatic carbocycles. The SMILES string of the molecule is CC(C)CNC(=O)CCNC(=O)c1cccc(Cl)c1N. The third kappa shape index (κ3) is 5.09. The van der Waals surface area contributed by atoms with Crippen LogP contribution in [0, 0.1) is 5.92 Å². The Labute approximate surface area is 123 Å². The van der Waals surface area contributed by atoms with Gasteiger partial charge in [-0.05, 0) is 18.1 Å². The Morgan fingerprint density at radius 1 is 1.30 bits per heavy atom. The lowest BCUT2D eigenvalue weighted by atomic mass is 10.1. The van der Waals surface area contributed by atoms with Crippen molar-refractivity contribution in [2.24, 2.45) is 5.92 Å². The van der Waals surface area contributed by atoms with Gasteiger partial charge in [0.25, 0.3) is 5.91 Å². The zero-order chi connectivity index (χ0) is 15.1. The van der Waals surface area contributed by atoms with Crippen molar-refractivity contribution >= 4 is 29.1 Å². The predicted octanol–water partition coefficient (Wildman–Crippen LogP) is 1.81. The molecule has 0 bridgehead atoms. The Kier molecular flexibility index (Phi) is 6.31. The van der Waals surface area contributed by atoms with Crippen molar-refractivity contribution in [3.63, 3.8) is 0 Å². The fourth-order valence-electron chi connectivity index (χ4n) is 1.53. The molecular formula is C14H20ClN3O2. The lowest BCUT2D eigenvalue weighted by Crippen LogP contribution is -2.32. The average molecular weight is 298 g/mol. The number of amides is 2. The lowest BCUT2D eigenvalue weighted by Gasteiger charge is -2.09. The second-order valence-electron chi connectivity index (χ2n) is 4.90. The van der Waals surface area contributed by atoms with Crippen molar-refractivity contribution in [2.75, 3.05) is 18.8 Å². The highest BCUT2D eigenvalue weighted by atomic mass is 35.5. The van der Waals surface area contributed by atoms with E-state index in [0.29, 0.717) is 23.0 Å². The summed E-state index contributed by atoms with van der Waals surface area (Å²) in [5, 5.41) is 5.77. The second kappa shape index (κ2) is 7.75. The van der Waals surface area contributed by atoms with E-state index in [9.17, 15) is 9.59 Å². The third-order valence-corrected chi connectivity index (χ3v) is 2.97. The normalized spacial score (nSPS) is 10.4. The van der Waals surface area contributed by atoms with Crippen LogP contribution in [0.3, 0.4) is 0 Å². The van der Waals surface area contributed by atoms with Crippen LogP contribution in [-0.4, -0.2) is 24.9 Å². The molecule has 0 saturated carbocycles. The van der Waals surface area contributed by atoms with E-state index in [4.69, 9.17) is 17.3 Å². The summed E-state index contributed by atoms with van der Waals surface area (Å²) in [5.74, 6) is -0.0143. The average Bonchev–Trinajstić information content (AvgIpc) is 2.39. The van der Waals surface area contributed by atoms with Gasteiger partial charge in [-0.2, -0.15) is 0 Å². The molecule has 0 heterocycles. The number of anilines is 1. The molecule has 1 aromatic carbocycles. The number of nitrogen functional groups attached to an aromatic ring is 1. The first-order valence-corrected chi connectivity index (χ1v) is 6.88.